The van der Waals surface area contributed by atoms with E-state index in [1.807, 2.05) is 26.0 Å². The third kappa shape index (κ3) is 7.64. The van der Waals surface area contributed by atoms with Crippen molar-refractivity contribution in [2.24, 2.45) is 26.5 Å². The molecule has 3 heterocycles. The number of benzene rings is 2. The minimum Gasteiger partial charge on any atom is -0.454 e. The van der Waals surface area contributed by atoms with E-state index in [9.17, 15) is 4.79 Å². The van der Waals surface area contributed by atoms with E-state index in [2.05, 4.69) is 47.9 Å². The summed E-state index contributed by atoms with van der Waals surface area (Å²) < 4.78 is 36.9. The Labute approximate surface area is 285 Å². The number of aryl methyl sites for hydroxylation is 1. The molecule has 5 rings (SSSR count). The van der Waals surface area contributed by atoms with Crippen LogP contribution in [-0.4, -0.2) is 46.5 Å². The number of aldehydes is 1. The van der Waals surface area contributed by atoms with Crippen molar-refractivity contribution < 1.29 is 18.3 Å². The lowest BCUT2D eigenvalue weighted by Gasteiger charge is -2.33. The number of ether oxygens (including phenoxy) is 1. The van der Waals surface area contributed by atoms with Gasteiger partial charge in [0.05, 0.1) is 5.52 Å². The number of nitrogens with one attached hydrogen (secondary N) is 1. The second-order valence-corrected chi connectivity index (χ2v) is 15.5. The summed E-state index contributed by atoms with van der Waals surface area (Å²) in [5, 5.41) is 0.596. The molecule has 1 atom stereocenters. The molecule has 10 heteroatoms. The van der Waals surface area contributed by atoms with Crippen molar-refractivity contribution in [3.63, 3.8) is 0 Å². The molecule has 0 saturated heterocycles. The Morgan fingerprint density at radius 2 is 1.92 bits per heavy atom. The average molecular weight is 674 g/mol. The molecule has 0 spiro atoms. The Hall–Kier alpha value is -4.05. The zero-order valence-corrected chi connectivity index (χ0v) is 29.4. The van der Waals surface area contributed by atoms with Crippen LogP contribution in [0.4, 0.5) is 8.78 Å². The van der Waals surface area contributed by atoms with Crippen LogP contribution in [0.25, 0.3) is 10.9 Å². The van der Waals surface area contributed by atoms with E-state index < -0.39 is 22.5 Å². The van der Waals surface area contributed by atoms with Crippen LogP contribution in [-0.2, 0) is 23.1 Å². The number of hydrogen-bond donors (Lipinski definition) is 2. The van der Waals surface area contributed by atoms with E-state index in [4.69, 9.17) is 15.5 Å². The van der Waals surface area contributed by atoms with E-state index in [1.54, 1.807) is 43.2 Å². The number of H-pyrrole nitrogens is 1. The molecule has 3 N–H and O–H groups in total. The molecule has 7 nitrogen and oxygen atoms in total. The number of rotatable bonds is 4. The highest BCUT2D eigenvalue weighted by atomic mass is 32.2. The molecule has 4 aromatic rings. The van der Waals surface area contributed by atoms with Crippen molar-refractivity contribution in [1.82, 2.24) is 9.97 Å². The summed E-state index contributed by atoms with van der Waals surface area (Å²) in [6, 6.07) is 13.2. The van der Waals surface area contributed by atoms with Crippen LogP contribution >= 0.6 is 11.8 Å². The van der Waals surface area contributed by atoms with Gasteiger partial charge < -0.3 is 20.2 Å². The highest BCUT2D eigenvalue weighted by Gasteiger charge is 2.33. The third-order valence-electron chi connectivity index (χ3n) is 9.20. The molecular weight excluding hydrogens is 629 g/mol. The van der Waals surface area contributed by atoms with Gasteiger partial charge in [0.25, 0.3) is 0 Å². The van der Waals surface area contributed by atoms with E-state index >= 15 is 8.78 Å². The van der Waals surface area contributed by atoms with E-state index in [0.29, 0.717) is 41.1 Å². The maximum Gasteiger partial charge on any atom is 0.203 e. The smallest absolute Gasteiger partial charge is 0.203 e. The standard InChI is InChI=1S/C38H45F2N5O2S/c1-36(2)14-8-15-38(5,25-10-7-9-24(19-25)21-37(3,4)22-46)35(41)45-34(42-6)29-20-26(11-16-43-29)47-33-28(13-18-48-23-36)27-12-17-44-32(27)30(39)31(33)40/h7,9-12,16-17,19-20,22,44H,8,13-15,18,21,23H2,1-6H3,(H2,41,42,45)/t38-/m1/s1. The predicted molar refractivity (Wildman–Crippen MR) is 193 cm³/mol. The number of amidine groups is 2. The van der Waals surface area contributed by atoms with Gasteiger partial charge in [0, 0.05) is 47.3 Å². The monoisotopic (exact) mass is 673 g/mol. The highest BCUT2D eigenvalue weighted by Crippen LogP contribution is 2.39. The number of thioether (sulfide) groups is 1. The van der Waals surface area contributed by atoms with E-state index in [-0.39, 0.29) is 28.3 Å². The summed E-state index contributed by atoms with van der Waals surface area (Å²) in [5.41, 5.74) is 8.97. The van der Waals surface area contributed by atoms with Crippen molar-refractivity contribution in [2.75, 3.05) is 18.6 Å². The molecule has 48 heavy (non-hydrogen) atoms. The SMILES string of the molecule is CN=C1N=C(N)[C@@](C)(c2cccc(CC(C)(C)C=O)c2)CCCC(C)(C)CSCCc2c(c(F)c(F)c3[nH]ccc23)Oc2ccnc1c2. The third-order valence-corrected chi connectivity index (χ3v) is 10.7. The van der Waals surface area contributed by atoms with Gasteiger partial charge in [0.2, 0.25) is 5.82 Å². The molecular formula is C38H45F2N5O2S. The molecule has 0 saturated carbocycles. The topological polar surface area (TPSA) is 106 Å². The maximum absolute atomic E-state index is 15.6. The number of fused-ring (bicyclic) bond motifs is 5. The van der Waals surface area contributed by atoms with Crippen molar-refractivity contribution in [1.29, 1.82) is 0 Å². The zero-order chi connectivity index (χ0) is 34.7. The fourth-order valence-corrected chi connectivity index (χ4v) is 7.51. The summed E-state index contributed by atoms with van der Waals surface area (Å²) in [5.74, 6) is 0.372. The Kier molecular flexibility index (Phi) is 10.4. The van der Waals surface area contributed by atoms with Gasteiger partial charge in [0.1, 0.15) is 23.6 Å². The first-order valence-corrected chi connectivity index (χ1v) is 17.5. The van der Waals surface area contributed by atoms with Crippen molar-refractivity contribution in [3.8, 4) is 11.5 Å². The van der Waals surface area contributed by atoms with Crippen LogP contribution in [0.3, 0.4) is 0 Å². The number of pyridine rings is 1. The lowest BCUT2D eigenvalue weighted by molar-refractivity contribution is -0.114. The van der Waals surface area contributed by atoms with Gasteiger partial charge in [-0.1, -0.05) is 58.4 Å². The molecule has 0 amide bonds. The summed E-state index contributed by atoms with van der Waals surface area (Å²) in [4.78, 5) is 28.3. The molecule has 0 fully saturated rings. The van der Waals surface area contributed by atoms with E-state index in [0.717, 1.165) is 42.4 Å². The number of aromatic amines is 1. The Morgan fingerprint density at radius 3 is 2.67 bits per heavy atom. The number of nitrogens with zero attached hydrogens (tertiary/aromatic N) is 3. The van der Waals surface area contributed by atoms with Gasteiger partial charge >= 0.3 is 0 Å². The summed E-state index contributed by atoms with van der Waals surface area (Å²) in [6.07, 6.45) is 7.81. The summed E-state index contributed by atoms with van der Waals surface area (Å²) in [7, 11) is 1.61. The largest absolute Gasteiger partial charge is 0.454 e. The lowest BCUT2D eigenvalue weighted by atomic mass is 9.74. The molecule has 2 aromatic carbocycles. The first kappa shape index (κ1) is 35.3. The van der Waals surface area contributed by atoms with Gasteiger partial charge in [-0.25, -0.2) is 9.38 Å². The average Bonchev–Trinajstić information content (AvgIpc) is 3.55. The number of nitrogens with two attached hydrogens (primary N) is 1. The summed E-state index contributed by atoms with van der Waals surface area (Å²) in [6.45, 7) is 10.5. The second kappa shape index (κ2) is 14.2. The van der Waals surface area contributed by atoms with Crippen LogP contribution in [0.15, 0.2) is 64.8 Å². The minimum atomic E-state index is -1.04. The molecule has 2 bridgehead atoms. The second-order valence-electron chi connectivity index (χ2n) is 14.4. The minimum absolute atomic E-state index is 0.00688. The zero-order valence-electron chi connectivity index (χ0n) is 28.6. The number of carbonyl (C=O) groups is 1. The number of aliphatic imine (C=N–C) groups is 2. The van der Waals surface area contributed by atoms with Gasteiger partial charge in [0.15, 0.2) is 17.4 Å². The first-order chi connectivity index (χ1) is 22.8. The van der Waals surface area contributed by atoms with Crippen molar-refractivity contribution in [3.05, 3.63) is 88.9 Å². The van der Waals surface area contributed by atoms with Gasteiger partial charge in [-0.3, -0.25) is 9.98 Å². The highest BCUT2D eigenvalue weighted by molar-refractivity contribution is 7.99. The Morgan fingerprint density at radius 1 is 1.12 bits per heavy atom. The molecule has 0 aliphatic carbocycles. The van der Waals surface area contributed by atoms with Gasteiger partial charge in [-0.2, -0.15) is 16.2 Å². The number of halogens is 2. The first-order valence-electron chi connectivity index (χ1n) is 16.3. The Balaban J connectivity index is 1.60. The fourth-order valence-electron chi connectivity index (χ4n) is 6.32. The summed E-state index contributed by atoms with van der Waals surface area (Å²) >= 11 is 1.79. The number of carbonyl (C=O) groups excluding carboxylic acids is 1. The van der Waals surface area contributed by atoms with Gasteiger partial charge in [-0.05, 0) is 72.8 Å². The quantitative estimate of drug-likeness (QED) is 0.211. The van der Waals surface area contributed by atoms with Crippen LogP contribution in [0, 0.1) is 22.5 Å². The predicted octanol–water partition coefficient (Wildman–Crippen LogP) is 8.58. The lowest BCUT2D eigenvalue weighted by Crippen LogP contribution is -2.40. The van der Waals surface area contributed by atoms with Crippen LogP contribution in [0.5, 0.6) is 11.5 Å². The normalized spacial score (nSPS) is 20.3. The van der Waals surface area contributed by atoms with Crippen molar-refractivity contribution >= 4 is 40.6 Å². The fraction of sp³-hybridized carbons (Fsp3) is 0.421. The molecule has 0 unspecified atom stereocenters. The Bertz CT molecular complexity index is 1870. The number of aromatic nitrogens is 2. The molecule has 254 valence electrons. The molecule has 1 aliphatic heterocycles. The number of hydrogen-bond acceptors (Lipinski definition) is 6. The molecule has 1 aliphatic rings. The molecule has 0 radical (unpaired) electrons. The van der Waals surface area contributed by atoms with Crippen LogP contribution < -0.4 is 10.5 Å². The van der Waals surface area contributed by atoms with E-state index in [1.165, 1.54) is 6.20 Å². The van der Waals surface area contributed by atoms with Gasteiger partial charge in [-0.15, -0.1) is 0 Å². The van der Waals surface area contributed by atoms with Crippen molar-refractivity contribution in [2.45, 2.75) is 72.1 Å². The van der Waals surface area contributed by atoms with Crippen LogP contribution in [0.1, 0.15) is 76.3 Å². The molecule has 2 aromatic heterocycles. The maximum atomic E-state index is 15.6. The van der Waals surface area contributed by atoms with Crippen LogP contribution in [0.2, 0.25) is 0 Å².